The summed E-state index contributed by atoms with van der Waals surface area (Å²) < 4.78 is 0. The molecule has 0 atom stereocenters. The largest absolute Gasteiger partial charge is 0.294 e. The van der Waals surface area contributed by atoms with Crippen molar-refractivity contribution in [2.75, 3.05) is 0 Å². The topological polar surface area (TPSA) is 34.1 Å². The van der Waals surface area contributed by atoms with Gasteiger partial charge in [0.2, 0.25) is 0 Å². The highest BCUT2D eigenvalue weighted by Gasteiger charge is 2.19. The zero-order valence-electron chi connectivity index (χ0n) is 7.60. The molecular formula is C10H12O2. The monoisotopic (exact) mass is 164 g/mol. The van der Waals surface area contributed by atoms with Crippen molar-refractivity contribution in [1.82, 2.24) is 0 Å². The molecule has 0 spiro atoms. The zero-order chi connectivity index (χ0) is 9.30. The molecule has 64 valence electrons. The van der Waals surface area contributed by atoms with Crippen molar-refractivity contribution in [1.29, 1.82) is 0 Å². The first-order chi connectivity index (χ1) is 5.52. The van der Waals surface area contributed by atoms with E-state index in [2.05, 4.69) is 0 Å². The molecule has 0 saturated carbocycles. The Kier molecular flexibility index (Phi) is 2.27. The van der Waals surface area contributed by atoms with Gasteiger partial charge in [-0.25, -0.2) is 0 Å². The summed E-state index contributed by atoms with van der Waals surface area (Å²) in [5, 5.41) is 0. The van der Waals surface area contributed by atoms with Gasteiger partial charge in [-0.3, -0.25) is 9.59 Å². The summed E-state index contributed by atoms with van der Waals surface area (Å²) in [6.45, 7) is 5.27. The number of allylic oxidation sites excluding steroid dienone is 4. The molecule has 0 unspecified atom stereocenters. The van der Waals surface area contributed by atoms with Crippen molar-refractivity contribution in [2.24, 2.45) is 0 Å². The summed E-state index contributed by atoms with van der Waals surface area (Å²) in [6, 6.07) is 0. The van der Waals surface area contributed by atoms with Crippen LogP contribution in [0.15, 0.2) is 22.8 Å². The van der Waals surface area contributed by atoms with Crippen molar-refractivity contribution >= 4 is 11.6 Å². The molecule has 0 amide bonds. The number of hydrogen-bond donors (Lipinski definition) is 0. The SMILES string of the molecule is CC(=O)C1=CC(C)=C(C)CC1=O. The van der Waals surface area contributed by atoms with E-state index >= 15 is 0 Å². The first-order valence-corrected chi connectivity index (χ1v) is 3.94. The van der Waals surface area contributed by atoms with Crippen LogP contribution in [-0.2, 0) is 9.59 Å². The second kappa shape index (κ2) is 3.05. The van der Waals surface area contributed by atoms with Gasteiger partial charge < -0.3 is 0 Å². The van der Waals surface area contributed by atoms with E-state index in [0.717, 1.165) is 11.1 Å². The summed E-state index contributed by atoms with van der Waals surface area (Å²) in [5.41, 5.74) is 2.45. The normalized spacial score (nSPS) is 17.9. The Labute approximate surface area is 72.0 Å². The summed E-state index contributed by atoms with van der Waals surface area (Å²) in [7, 11) is 0. The molecule has 2 heteroatoms. The molecule has 1 aliphatic rings. The molecule has 0 radical (unpaired) electrons. The maximum Gasteiger partial charge on any atom is 0.170 e. The average Bonchev–Trinajstić information content (AvgIpc) is 1.96. The van der Waals surface area contributed by atoms with Gasteiger partial charge in [0, 0.05) is 6.42 Å². The van der Waals surface area contributed by atoms with Crippen LogP contribution in [0.1, 0.15) is 27.2 Å². The Balaban J connectivity index is 3.09. The fourth-order valence-corrected chi connectivity index (χ4v) is 1.19. The molecule has 1 rings (SSSR count). The fourth-order valence-electron chi connectivity index (χ4n) is 1.19. The van der Waals surface area contributed by atoms with Crippen LogP contribution in [-0.4, -0.2) is 11.6 Å². The molecule has 0 aromatic rings. The molecule has 0 N–H and O–H groups in total. The van der Waals surface area contributed by atoms with Crippen molar-refractivity contribution < 1.29 is 9.59 Å². The first kappa shape index (κ1) is 8.91. The summed E-state index contributed by atoms with van der Waals surface area (Å²) in [4.78, 5) is 22.2. The Hall–Kier alpha value is -1.18. The lowest BCUT2D eigenvalue weighted by atomic mass is 9.91. The van der Waals surface area contributed by atoms with Crippen LogP contribution in [0.4, 0.5) is 0 Å². The van der Waals surface area contributed by atoms with Crippen LogP contribution in [0.25, 0.3) is 0 Å². The lowest BCUT2D eigenvalue weighted by Gasteiger charge is -2.11. The smallest absolute Gasteiger partial charge is 0.170 e. The van der Waals surface area contributed by atoms with Crippen LogP contribution in [0, 0.1) is 0 Å². The number of Topliss-reactive ketones (excluding diaryl/α,β-unsaturated/α-hetero) is 2. The Bertz CT molecular complexity index is 306. The van der Waals surface area contributed by atoms with Crippen molar-refractivity contribution in [3.63, 3.8) is 0 Å². The van der Waals surface area contributed by atoms with E-state index in [4.69, 9.17) is 0 Å². The van der Waals surface area contributed by atoms with E-state index in [1.165, 1.54) is 6.92 Å². The van der Waals surface area contributed by atoms with Crippen molar-refractivity contribution in [2.45, 2.75) is 27.2 Å². The number of carbonyl (C=O) groups is 2. The average molecular weight is 164 g/mol. The number of ketones is 2. The standard InChI is InChI=1S/C10H12O2/c1-6-4-9(8(3)11)10(12)5-7(6)2/h4H,5H2,1-3H3. The third-order valence-corrected chi connectivity index (χ3v) is 2.14. The minimum atomic E-state index is -0.133. The lowest BCUT2D eigenvalue weighted by molar-refractivity contribution is -0.120. The van der Waals surface area contributed by atoms with Gasteiger partial charge >= 0.3 is 0 Å². The Morgan fingerprint density at radius 3 is 2.50 bits per heavy atom. The molecule has 0 aliphatic heterocycles. The Morgan fingerprint density at radius 1 is 1.42 bits per heavy atom. The maximum absolute atomic E-state index is 11.3. The van der Waals surface area contributed by atoms with Gasteiger partial charge in [0.15, 0.2) is 11.6 Å². The minimum Gasteiger partial charge on any atom is -0.294 e. The van der Waals surface area contributed by atoms with E-state index in [9.17, 15) is 9.59 Å². The van der Waals surface area contributed by atoms with Gasteiger partial charge in [-0.15, -0.1) is 0 Å². The fraction of sp³-hybridized carbons (Fsp3) is 0.400. The van der Waals surface area contributed by atoms with E-state index in [1.54, 1.807) is 6.08 Å². The molecule has 0 aromatic heterocycles. The van der Waals surface area contributed by atoms with Crippen molar-refractivity contribution in [3.8, 4) is 0 Å². The van der Waals surface area contributed by atoms with Gasteiger partial charge in [0.25, 0.3) is 0 Å². The number of rotatable bonds is 1. The molecule has 0 aromatic carbocycles. The van der Waals surface area contributed by atoms with Crippen LogP contribution in [0.3, 0.4) is 0 Å². The van der Waals surface area contributed by atoms with E-state index in [-0.39, 0.29) is 11.6 Å². The molecular weight excluding hydrogens is 152 g/mol. The summed E-state index contributed by atoms with van der Waals surface area (Å²) >= 11 is 0. The second-order valence-electron chi connectivity index (χ2n) is 3.18. The van der Waals surface area contributed by atoms with Crippen LogP contribution in [0.2, 0.25) is 0 Å². The molecule has 0 bridgehead atoms. The highest BCUT2D eigenvalue weighted by molar-refractivity contribution is 6.20. The van der Waals surface area contributed by atoms with Gasteiger partial charge in [0.05, 0.1) is 5.57 Å². The first-order valence-electron chi connectivity index (χ1n) is 3.94. The van der Waals surface area contributed by atoms with E-state index < -0.39 is 0 Å². The molecule has 0 saturated heterocycles. The van der Waals surface area contributed by atoms with E-state index in [1.807, 2.05) is 13.8 Å². The Morgan fingerprint density at radius 2 is 2.00 bits per heavy atom. The van der Waals surface area contributed by atoms with Crippen LogP contribution in [0.5, 0.6) is 0 Å². The van der Waals surface area contributed by atoms with Gasteiger partial charge in [0.1, 0.15) is 0 Å². The van der Waals surface area contributed by atoms with Crippen LogP contribution < -0.4 is 0 Å². The predicted octanol–water partition coefficient (Wildman–Crippen LogP) is 1.81. The van der Waals surface area contributed by atoms with Gasteiger partial charge in [-0.05, 0) is 26.8 Å². The summed E-state index contributed by atoms with van der Waals surface area (Å²) in [6.07, 6.45) is 2.08. The van der Waals surface area contributed by atoms with Gasteiger partial charge in [-0.1, -0.05) is 11.1 Å². The zero-order valence-corrected chi connectivity index (χ0v) is 7.60. The summed E-state index contributed by atoms with van der Waals surface area (Å²) in [5.74, 6) is -0.183. The number of carbonyl (C=O) groups excluding carboxylic acids is 2. The molecule has 12 heavy (non-hydrogen) atoms. The molecule has 2 nitrogen and oxygen atoms in total. The third-order valence-electron chi connectivity index (χ3n) is 2.14. The third kappa shape index (κ3) is 1.52. The van der Waals surface area contributed by atoms with E-state index in [0.29, 0.717) is 12.0 Å². The molecule has 0 fully saturated rings. The maximum atomic E-state index is 11.3. The highest BCUT2D eigenvalue weighted by Crippen LogP contribution is 2.20. The number of hydrogen-bond acceptors (Lipinski definition) is 2. The highest BCUT2D eigenvalue weighted by atomic mass is 16.1. The van der Waals surface area contributed by atoms with Crippen molar-refractivity contribution in [3.05, 3.63) is 22.8 Å². The minimum absolute atomic E-state index is 0.0504. The van der Waals surface area contributed by atoms with Gasteiger partial charge in [-0.2, -0.15) is 0 Å². The lowest BCUT2D eigenvalue weighted by Crippen LogP contribution is -2.14. The quantitative estimate of drug-likeness (QED) is 0.554. The molecule has 1 aliphatic carbocycles. The predicted molar refractivity (Wildman–Crippen MR) is 46.8 cm³/mol. The molecule has 0 heterocycles. The van der Waals surface area contributed by atoms with Crippen LogP contribution >= 0.6 is 0 Å². The second-order valence-corrected chi connectivity index (χ2v) is 3.18.